The summed E-state index contributed by atoms with van der Waals surface area (Å²) in [4.78, 5) is 25.8. The number of rotatable bonds is 4. The van der Waals surface area contributed by atoms with Crippen LogP contribution in [0.1, 0.15) is 25.3 Å². The Balaban J connectivity index is 2.11. The quantitative estimate of drug-likeness (QED) is 0.752. The highest BCUT2D eigenvalue weighted by molar-refractivity contribution is 6.30. The van der Waals surface area contributed by atoms with E-state index in [9.17, 15) is 9.59 Å². The SMILES string of the molecule is COC(=O)C1=C(C)NC(C)=C(C(=O)Nc2ccccc2)[C@@H]1c1cccc(Cl)c1. The molecule has 0 spiro atoms. The molecule has 0 bridgehead atoms. The number of allylic oxidation sites excluding steroid dienone is 2. The van der Waals surface area contributed by atoms with Crippen LogP contribution in [-0.2, 0) is 14.3 Å². The normalized spacial score (nSPS) is 16.5. The van der Waals surface area contributed by atoms with E-state index < -0.39 is 11.9 Å². The molecule has 1 aliphatic heterocycles. The molecule has 2 aromatic carbocycles. The summed E-state index contributed by atoms with van der Waals surface area (Å²) < 4.78 is 5.00. The summed E-state index contributed by atoms with van der Waals surface area (Å²) in [5.41, 5.74) is 3.55. The van der Waals surface area contributed by atoms with Gasteiger partial charge in [-0.15, -0.1) is 0 Å². The Labute approximate surface area is 169 Å². The van der Waals surface area contributed by atoms with Crippen LogP contribution >= 0.6 is 11.6 Å². The van der Waals surface area contributed by atoms with Crippen molar-refractivity contribution in [3.05, 3.63) is 87.7 Å². The first-order chi connectivity index (χ1) is 13.4. The summed E-state index contributed by atoms with van der Waals surface area (Å²) in [7, 11) is 1.33. The van der Waals surface area contributed by atoms with E-state index >= 15 is 0 Å². The van der Waals surface area contributed by atoms with Crippen LogP contribution in [0.5, 0.6) is 0 Å². The number of amides is 1. The maximum atomic E-state index is 13.2. The Morgan fingerprint density at radius 2 is 1.68 bits per heavy atom. The summed E-state index contributed by atoms with van der Waals surface area (Å²) >= 11 is 6.19. The molecule has 0 aromatic heterocycles. The van der Waals surface area contributed by atoms with Gasteiger partial charge < -0.3 is 15.4 Å². The highest BCUT2D eigenvalue weighted by Gasteiger charge is 2.37. The average molecular weight is 397 g/mol. The molecule has 0 unspecified atom stereocenters. The molecule has 0 aliphatic carbocycles. The van der Waals surface area contributed by atoms with Crippen molar-refractivity contribution in [1.29, 1.82) is 0 Å². The number of para-hydroxylation sites is 1. The van der Waals surface area contributed by atoms with Crippen LogP contribution in [0.2, 0.25) is 5.02 Å². The minimum atomic E-state index is -0.601. The van der Waals surface area contributed by atoms with E-state index in [2.05, 4.69) is 10.6 Å². The minimum absolute atomic E-state index is 0.296. The van der Waals surface area contributed by atoms with E-state index in [1.54, 1.807) is 37.3 Å². The molecule has 0 saturated heterocycles. The van der Waals surface area contributed by atoms with Gasteiger partial charge in [0.15, 0.2) is 0 Å². The first kappa shape index (κ1) is 19.7. The molecular weight excluding hydrogens is 376 g/mol. The monoisotopic (exact) mass is 396 g/mol. The van der Waals surface area contributed by atoms with Gasteiger partial charge in [-0.1, -0.05) is 41.9 Å². The number of nitrogens with one attached hydrogen (secondary N) is 2. The zero-order valence-electron chi connectivity index (χ0n) is 15.9. The Bertz CT molecular complexity index is 980. The molecule has 28 heavy (non-hydrogen) atoms. The highest BCUT2D eigenvalue weighted by atomic mass is 35.5. The maximum Gasteiger partial charge on any atom is 0.336 e. The lowest BCUT2D eigenvalue weighted by Crippen LogP contribution is -2.33. The fourth-order valence-electron chi connectivity index (χ4n) is 3.41. The number of esters is 1. The molecule has 1 aliphatic rings. The molecule has 3 rings (SSSR count). The lowest BCUT2D eigenvalue weighted by Gasteiger charge is -2.30. The molecule has 2 N–H and O–H groups in total. The molecule has 0 saturated carbocycles. The largest absolute Gasteiger partial charge is 0.466 e. The number of dihydropyridines is 1. The summed E-state index contributed by atoms with van der Waals surface area (Å²) in [6.07, 6.45) is 0. The van der Waals surface area contributed by atoms with Gasteiger partial charge in [-0.3, -0.25) is 4.79 Å². The predicted molar refractivity (Wildman–Crippen MR) is 110 cm³/mol. The molecular formula is C22H21ClN2O3. The zero-order valence-corrected chi connectivity index (χ0v) is 16.6. The van der Waals surface area contributed by atoms with E-state index in [4.69, 9.17) is 16.3 Å². The minimum Gasteiger partial charge on any atom is -0.466 e. The average Bonchev–Trinajstić information content (AvgIpc) is 2.67. The first-order valence-electron chi connectivity index (χ1n) is 8.81. The van der Waals surface area contributed by atoms with Gasteiger partial charge in [0.1, 0.15) is 0 Å². The Morgan fingerprint density at radius 3 is 2.32 bits per heavy atom. The highest BCUT2D eigenvalue weighted by Crippen LogP contribution is 2.39. The van der Waals surface area contributed by atoms with E-state index in [-0.39, 0.29) is 5.91 Å². The molecule has 1 heterocycles. The van der Waals surface area contributed by atoms with Crippen LogP contribution in [-0.4, -0.2) is 19.0 Å². The van der Waals surface area contributed by atoms with Crippen molar-refractivity contribution in [2.24, 2.45) is 0 Å². The number of anilines is 1. The van der Waals surface area contributed by atoms with E-state index in [1.807, 2.05) is 31.2 Å². The number of methoxy groups -OCH3 is 1. The van der Waals surface area contributed by atoms with Gasteiger partial charge >= 0.3 is 5.97 Å². The van der Waals surface area contributed by atoms with Crippen LogP contribution in [0.25, 0.3) is 0 Å². The van der Waals surface area contributed by atoms with Gasteiger partial charge in [0.2, 0.25) is 0 Å². The first-order valence-corrected chi connectivity index (χ1v) is 9.19. The molecule has 6 heteroatoms. The summed E-state index contributed by atoms with van der Waals surface area (Å²) in [5.74, 6) is -1.39. The van der Waals surface area contributed by atoms with E-state index in [0.717, 1.165) is 5.56 Å². The number of benzene rings is 2. The number of carbonyl (C=O) groups excluding carboxylic acids is 2. The number of carbonyl (C=O) groups is 2. The molecule has 144 valence electrons. The molecule has 1 atom stereocenters. The lowest BCUT2D eigenvalue weighted by atomic mass is 9.80. The van der Waals surface area contributed by atoms with Crippen LogP contribution < -0.4 is 10.6 Å². The molecule has 5 nitrogen and oxygen atoms in total. The third-order valence-corrected chi connectivity index (χ3v) is 4.86. The Kier molecular flexibility index (Phi) is 5.85. The van der Waals surface area contributed by atoms with Crippen molar-refractivity contribution in [3.8, 4) is 0 Å². The van der Waals surface area contributed by atoms with Crippen LogP contribution in [0.15, 0.2) is 77.1 Å². The number of halogens is 1. The van der Waals surface area contributed by atoms with Crippen molar-refractivity contribution in [1.82, 2.24) is 5.32 Å². The molecule has 0 fully saturated rings. The second-order valence-corrected chi connectivity index (χ2v) is 6.94. The van der Waals surface area contributed by atoms with Gasteiger partial charge in [0.25, 0.3) is 5.91 Å². The van der Waals surface area contributed by atoms with Crippen molar-refractivity contribution >= 4 is 29.2 Å². The van der Waals surface area contributed by atoms with Gasteiger partial charge in [0.05, 0.1) is 18.6 Å². The second-order valence-electron chi connectivity index (χ2n) is 6.50. The van der Waals surface area contributed by atoms with Gasteiger partial charge in [0, 0.05) is 27.7 Å². The third kappa shape index (κ3) is 3.94. The Hall–Kier alpha value is -3.05. The smallest absolute Gasteiger partial charge is 0.336 e. The Morgan fingerprint density at radius 1 is 1.00 bits per heavy atom. The van der Waals surface area contributed by atoms with Crippen molar-refractivity contribution in [2.75, 3.05) is 12.4 Å². The third-order valence-electron chi connectivity index (χ3n) is 4.62. The van der Waals surface area contributed by atoms with E-state index in [1.165, 1.54) is 7.11 Å². The lowest BCUT2D eigenvalue weighted by molar-refractivity contribution is -0.136. The van der Waals surface area contributed by atoms with E-state index in [0.29, 0.717) is 33.3 Å². The van der Waals surface area contributed by atoms with Crippen molar-refractivity contribution < 1.29 is 14.3 Å². The van der Waals surface area contributed by atoms with Crippen LogP contribution in [0.3, 0.4) is 0 Å². The zero-order chi connectivity index (χ0) is 20.3. The fourth-order valence-corrected chi connectivity index (χ4v) is 3.61. The molecule has 0 radical (unpaired) electrons. The van der Waals surface area contributed by atoms with Crippen molar-refractivity contribution in [3.63, 3.8) is 0 Å². The van der Waals surface area contributed by atoms with Crippen LogP contribution in [0.4, 0.5) is 5.69 Å². The predicted octanol–water partition coefficient (Wildman–Crippen LogP) is 4.39. The second kappa shape index (κ2) is 8.31. The fraction of sp³-hybridized carbons (Fsp3) is 0.182. The van der Waals surface area contributed by atoms with Gasteiger partial charge in [-0.05, 0) is 43.7 Å². The number of ether oxygens (including phenoxy) is 1. The topological polar surface area (TPSA) is 67.4 Å². The maximum absolute atomic E-state index is 13.2. The molecule has 1 amide bonds. The standard InChI is InChI=1S/C22H21ClN2O3/c1-13-18(21(26)25-17-10-5-4-6-11-17)20(15-8-7-9-16(23)12-15)19(14(2)24-13)22(27)28-3/h4-12,20,24H,1-3H3,(H,25,26)/t20-/m0/s1. The number of hydrogen-bond acceptors (Lipinski definition) is 4. The summed E-state index contributed by atoms with van der Waals surface area (Å²) in [6.45, 7) is 3.61. The summed E-state index contributed by atoms with van der Waals surface area (Å²) in [5, 5.41) is 6.57. The number of hydrogen-bond donors (Lipinski definition) is 2. The molecule has 2 aromatic rings. The van der Waals surface area contributed by atoms with Gasteiger partial charge in [-0.25, -0.2) is 4.79 Å². The summed E-state index contributed by atoms with van der Waals surface area (Å²) in [6, 6.07) is 16.3. The van der Waals surface area contributed by atoms with Crippen molar-refractivity contribution in [2.45, 2.75) is 19.8 Å². The van der Waals surface area contributed by atoms with Gasteiger partial charge in [-0.2, -0.15) is 0 Å². The van der Waals surface area contributed by atoms with Crippen LogP contribution in [0, 0.1) is 0 Å².